The number of hydrogen-bond donors (Lipinski definition) is 2. The third-order valence-corrected chi connectivity index (χ3v) is 4.39. The van der Waals surface area contributed by atoms with Gasteiger partial charge in [-0.25, -0.2) is 14.4 Å². The number of fused-ring (bicyclic) bond motifs is 1. The van der Waals surface area contributed by atoms with Crippen LogP contribution in [0.5, 0.6) is 0 Å². The van der Waals surface area contributed by atoms with Gasteiger partial charge in [0.1, 0.15) is 4.83 Å². The van der Waals surface area contributed by atoms with E-state index in [9.17, 15) is 9.18 Å². The van der Waals surface area contributed by atoms with Crippen LogP contribution in [0.2, 0.25) is 5.15 Å². The Balaban J connectivity index is 2.38. The Hall–Kier alpha value is -1.99. The van der Waals surface area contributed by atoms with Crippen molar-refractivity contribution in [3.05, 3.63) is 39.2 Å². The molecule has 8 heteroatoms. The number of rotatable bonds is 1. The highest BCUT2D eigenvalue weighted by Crippen LogP contribution is 2.37. The molecule has 20 heavy (non-hydrogen) atoms. The van der Waals surface area contributed by atoms with E-state index in [1.807, 2.05) is 0 Å². The van der Waals surface area contributed by atoms with Crippen molar-refractivity contribution in [2.24, 2.45) is 0 Å². The Labute approximate surface area is 121 Å². The lowest BCUT2D eigenvalue weighted by Crippen LogP contribution is -2.10. The minimum Gasteiger partial charge on any atom is -0.369 e. The molecule has 0 aromatic carbocycles. The van der Waals surface area contributed by atoms with Gasteiger partial charge in [0.2, 0.25) is 5.95 Å². The smallest absolute Gasteiger partial charge is 0.261 e. The Bertz CT molecular complexity index is 889. The second-order valence-electron chi connectivity index (χ2n) is 4.15. The topological polar surface area (TPSA) is 84.7 Å². The van der Waals surface area contributed by atoms with Crippen LogP contribution in [0.4, 0.5) is 10.3 Å². The molecule has 0 spiro atoms. The van der Waals surface area contributed by atoms with Crippen molar-refractivity contribution < 1.29 is 4.39 Å². The summed E-state index contributed by atoms with van der Waals surface area (Å²) in [5.74, 6) is -0.586. The number of thiophene rings is 1. The molecule has 3 rings (SSSR count). The Morgan fingerprint density at radius 1 is 1.50 bits per heavy atom. The van der Waals surface area contributed by atoms with E-state index in [4.69, 9.17) is 17.3 Å². The van der Waals surface area contributed by atoms with Crippen molar-refractivity contribution in [3.8, 4) is 10.4 Å². The van der Waals surface area contributed by atoms with Crippen molar-refractivity contribution in [2.75, 3.05) is 5.73 Å². The highest BCUT2D eigenvalue weighted by atomic mass is 35.5. The standard InChI is InChI=1S/C12H8ClFN4OS/c1-4-6-10(19)17-12(15)18-11(6)20-8(4)5-2-3-16-9(13)7(5)14/h2-3H,1H3,(H3,15,17,18,19). The highest BCUT2D eigenvalue weighted by Gasteiger charge is 2.18. The van der Waals surface area contributed by atoms with Gasteiger partial charge in [0.25, 0.3) is 5.56 Å². The van der Waals surface area contributed by atoms with Crippen LogP contribution in [0.1, 0.15) is 5.56 Å². The summed E-state index contributed by atoms with van der Waals surface area (Å²) < 4.78 is 14.1. The van der Waals surface area contributed by atoms with Crippen molar-refractivity contribution in [2.45, 2.75) is 6.92 Å². The fourth-order valence-electron chi connectivity index (χ4n) is 2.01. The fraction of sp³-hybridized carbons (Fsp3) is 0.0833. The van der Waals surface area contributed by atoms with Gasteiger partial charge in [0.15, 0.2) is 11.0 Å². The first-order valence-electron chi connectivity index (χ1n) is 5.58. The van der Waals surface area contributed by atoms with Gasteiger partial charge in [-0.1, -0.05) is 11.6 Å². The number of nitrogens with zero attached hydrogens (tertiary/aromatic N) is 2. The van der Waals surface area contributed by atoms with Crippen molar-refractivity contribution in [1.29, 1.82) is 0 Å². The van der Waals surface area contributed by atoms with E-state index in [-0.39, 0.29) is 16.7 Å². The van der Waals surface area contributed by atoms with E-state index in [2.05, 4.69) is 15.0 Å². The van der Waals surface area contributed by atoms with Crippen LogP contribution in [-0.2, 0) is 0 Å². The lowest BCUT2D eigenvalue weighted by Gasteiger charge is -2.02. The van der Waals surface area contributed by atoms with Crippen LogP contribution < -0.4 is 11.3 Å². The third kappa shape index (κ3) is 1.86. The number of pyridine rings is 1. The van der Waals surface area contributed by atoms with Crippen LogP contribution in [0, 0.1) is 12.7 Å². The van der Waals surface area contributed by atoms with Gasteiger partial charge in [0, 0.05) is 16.6 Å². The van der Waals surface area contributed by atoms with Gasteiger partial charge >= 0.3 is 0 Å². The summed E-state index contributed by atoms with van der Waals surface area (Å²) in [5, 5.41) is 0.201. The van der Waals surface area contributed by atoms with Crippen LogP contribution in [0.3, 0.4) is 0 Å². The summed E-state index contributed by atoms with van der Waals surface area (Å²) in [6, 6.07) is 1.51. The lowest BCUT2D eigenvalue weighted by atomic mass is 10.1. The molecule has 0 fully saturated rings. The number of aryl methyl sites for hydroxylation is 1. The van der Waals surface area contributed by atoms with Gasteiger partial charge in [-0.3, -0.25) is 9.78 Å². The number of nitrogens with one attached hydrogen (secondary N) is 1. The number of nitrogens with two attached hydrogens (primary N) is 1. The van der Waals surface area contributed by atoms with Crippen LogP contribution in [0.25, 0.3) is 20.7 Å². The minimum atomic E-state index is -0.617. The maximum absolute atomic E-state index is 14.1. The van der Waals surface area contributed by atoms with Crippen LogP contribution >= 0.6 is 22.9 Å². The van der Waals surface area contributed by atoms with Gasteiger partial charge in [-0.05, 0) is 18.6 Å². The Kier molecular flexibility index (Phi) is 2.95. The molecule has 0 radical (unpaired) electrons. The number of halogens is 2. The van der Waals surface area contributed by atoms with Gasteiger partial charge < -0.3 is 5.73 Å². The number of hydrogen-bond acceptors (Lipinski definition) is 5. The molecule has 0 aliphatic carbocycles. The molecular formula is C12H8ClFN4OS. The van der Waals surface area contributed by atoms with Crippen LogP contribution in [-0.4, -0.2) is 15.0 Å². The van der Waals surface area contributed by atoms with Crippen LogP contribution in [0.15, 0.2) is 17.1 Å². The summed E-state index contributed by atoms with van der Waals surface area (Å²) in [5.41, 5.74) is 6.11. The van der Waals surface area contributed by atoms with E-state index in [1.165, 1.54) is 23.6 Å². The molecule has 0 saturated carbocycles. The molecular weight excluding hydrogens is 303 g/mol. The van der Waals surface area contributed by atoms with Crippen molar-refractivity contribution >= 4 is 39.1 Å². The van der Waals surface area contributed by atoms with E-state index in [0.29, 0.717) is 26.2 Å². The first kappa shape index (κ1) is 13.0. The largest absolute Gasteiger partial charge is 0.369 e. The summed E-state index contributed by atoms with van der Waals surface area (Å²) >= 11 is 6.88. The first-order valence-corrected chi connectivity index (χ1v) is 6.77. The molecule has 102 valence electrons. The van der Waals surface area contributed by atoms with Gasteiger partial charge in [0.05, 0.1) is 5.39 Å². The van der Waals surface area contributed by atoms with Gasteiger partial charge in [-0.15, -0.1) is 11.3 Å². The molecule has 3 heterocycles. The molecule has 0 aliphatic rings. The van der Waals surface area contributed by atoms with Crippen molar-refractivity contribution in [3.63, 3.8) is 0 Å². The molecule has 5 nitrogen and oxygen atoms in total. The summed E-state index contributed by atoms with van der Waals surface area (Å²) in [6.07, 6.45) is 1.41. The molecule has 0 atom stereocenters. The molecule has 0 bridgehead atoms. The van der Waals surface area contributed by atoms with E-state index in [1.54, 1.807) is 6.92 Å². The Morgan fingerprint density at radius 3 is 3.00 bits per heavy atom. The number of nitrogen functional groups attached to an aromatic ring is 1. The molecule has 0 amide bonds. The highest BCUT2D eigenvalue weighted by molar-refractivity contribution is 7.22. The number of H-pyrrole nitrogens is 1. The maximum atomic E-state index is 14.1. The van der Waals surface area contributed by atoms with Gasteiger partial charge in [-0.2, -0.15) is 0 Å². The quantitative estimate of drug-likeness (QED) is 0.677. The summed E-state index contributed by atoms with van der Waals surface area (Å²) in [6.45, 7) is 1.73. The fourth-order valence-corrected chi connectivity index (χ4v) is 3.38. The summed E-state index contributed by atoms with van der Waals surface area (Å²) in [7, 11) is 0. The second-order valence-corrected chi connectivity index (χ2v) is 5.51. The monoisotopic (exact) mass is 310 g/mol. The zero-order chi connectivity index (χ0) is 14.4. The second kappa shape index (κ2) is 4.53. The predicted molar refractivity (Wildman–Crippen MR) is 77.6 cm³/mol. The molecule has 3 N–H and O–H groups in total. The SMILES string of the molecule is Cc1c(-c2ccnc(Cl)c2F)sc2nc(N)[nH]c(=O)c12. The zero-order valence-corrected chi connectivity index (χ0v) is 11.8. The van der Waals surface area contributed by atoms with E-state index < -0.39 is 5.82 Å². The zero-order valence-electron chi connectivity index (χ0n) is 10.2. The third-order valence-electron chi connectivity index (χ3n) is 2.91. The maximum Gasteiger partial charge on any atom is 0.261 e. The number of aromatic nitrogens is 3. The Morgan fingerprint density at radius 2 is 2.25 bits per heavy atom. The first-order chi connectivity index (χ1) is 9.49. The number of anilines is 1. The molecule has 3 aromatic rings. The molecule has 3 aromatic heterocycles. The number of aromatic amines is 1. The van der Waals surface area contributed by atoms with Crippen molar-refractivity contribution in [1.82, 2.24) is 15.0 Å². The lowest BCUT2D eigenvalue weighted by molar-refractivity contribution is 0.626. The molecule has 0 saturated heterocycles. The summed E-state index contributed by atoms with van der Waals surface area (Å²) in [4.78, 5) is 23.1. The molecule has 0 aliphatic heterocycles. The predicted octanol–water partition coefficient (Wildman–Crippen LogP) is 2.73. The van der Waals surface area contributed by atoms with E-state index in [0.717, 1.165) is 0 Å². The molecule has 0 unspecified atom stereocenters. The average molecular weight is 311 g/mol. The average Bonchev–Trinajstić information content (AvgIpc) is 2.70. The van der Waals surface area contributed by atoms with E-state index >= 15 is 0 Å². The normalized spacial score (nSPS) is 11.2. The minimum absolute atomic E-state index is 0.0310.